The van der Waals surface area contributed by atoms with Crippen LogP contribution in [-0.4, -0.2) is 35.3 Å². The first-order chi connectivity index (χ1) is 15.1. The molecule has 0 bridgehead atoms. The number of nitrogens with one attached hydrogen (secondary N) is 1. The number of amides is 2. The van der Waals surface area contributed by atoms with Crippen LogP contribution in [0.15, 0.2) is 54.6 Å². The van der Waals surface area contributed by atoms with Crippen LogP contribution in [0.4, 0.5) is 0 Å². The number of halogens is 1. The number of carbonyl (C=O) groups excluding carboxylic acids is 2. The summed E-state index contributed by atoms with van der Waals surface area (Å²) in [4.78, 5) is 28.3. The summed E-state index contributed by atoms with van der Waals surface area (Å²) in [7, 11) is 0. The Bertz CT molecular complexity index is 849. The number of benzene rings is 2. The van der Waals surface area contributed by atoms with Crippen molar-refractivity contribution >= 4 is 23.4 Å². The molecule has 0 spiro atoms. The molecule has 2 amide bonds. The lowest BCUT2D eigenvalue weighted by molar-refractivity contribution is -0.140. The third-order valence-corrected chi connectivity index (χ3v) is 6.30. The zero-order valence-electron chi connectivity index (χ0n) is 18.4. The van der Waals surface area contributed by atoms with Crippen molar-refractivity contribution in [3.63, 3.8) is 0 Å². The van der Waals surface area contributed by atoms with Gasteiger partial charge in [-0.3, -0.25) is 9.59 Å². The molecule has 0 aliphatic heterocycles. The maximum atomic E-state index is 13.3. The predicted octanol–water partition coefficient (Wildman–Crippen LogP) is 5.18. The topological polar surface area (TPSA) is 49.4 Å². The van der Waals surface area contributed by atoms with Crippen molar-refractivity contribution in [3.8, 4) is 0 Å². The predicted molar refractivity (Wildman–Crippen MR) is 126 cm³/mol. The maximum Gasteiger partial charge on any atom is 0.243 e. The average molecular weight is 441 g/mol. The highest BCUT2D eigenvalue weighted by Gasteiger charge is 2.30. The lowest BCUT2D eigenvalue weighted by Crippen LogP contribution is -2.52. The molecule has 166 valence electrons. The molecule has 5 heteroatoms. The van der Waals surface area contributed by atoms with Crippen LogP contribution < -0.4 is 5.32 Å². The van der Waals surface area contributed by atoms with Crippen molar-refractivity contribution < 1.29 is 9.59 Å². The van der Waals surface area contributed by atoms with E-state index >= 15 is 0 Å². The number of nitrogens with zero attached hydrogens (tertiary/aromatic N) is 1. The first kappa shape index (κ1) is 23.3. The molecule has 1 N–H and O–H groups in total. The van der Waals surface area contributed by atoms with Gasteiger partial charge in [0.05, 0.1) is 6.42 Å². The highest BCUT2D eigenvalue weighted by atomic mass is 35.5. The van der Waals surface area contributed by atoms with E-state index in [4.69, 9.17) is 11.6 Å². The lowest BCUT2D eigenvalue weighted by atomic mass is 9.95. The smallest absolute Gasteiger partial charge is 0.243 e. The van der Waals surface area contributed by atoms with Gasteiger partial charge in [0, 0.05) is 17.6 Å². The second kappa shape index (κ2) is 11.9. The minimum Gasteiger partial charge on any atom is -0.352 e. The van der Waals surface area contributed by atoms with Crippen molar-refractivity contribution in [2.45, 2.75) is 70.4 Å². The molecular formula is C26H33ClN2O2. The van der Waals surface area contributed by atoms with Crippen molar-refractivity contribution in [2.24, 2.45) is 0 Å². The van der Waals surface area contributed by atoms with Crippen LogP contribution in [0.2, 0.25) is 5.02 Å². The minimum atomic E-state index is -0.461. The maximum absolute atomic E-state index is 13.3. The number of carbonyl (C=O) groups is 2. The molecule has 2 aromatic carbocycles. The van der Waals surface area contributed by atoms with Crippen LogP contribution in [0.5, 0.6) is 0 Å². The Labute approximate surface area is 191 Å². The van der Waals surface area contributed by atoms with E-state index < -0.39 is 6.04 Å². The summed E-state index contributed by atoms with van der Waals surface area (Å²) in [5.74, 6) is -0.0641. The van der Waals surface area contributed by atoms with Gasteiger partial charge < -0.3 is 10.2 Å². The largest absolute Gasteiger partial charge is 0.352 e. The van der Waals surface area contributed by atoms with E-state index in [2.05, 4.69) is 17.4 Å². The van der Waals surface area contributed by atoms with Gasteiger partial charge in [0.2, 0.25) is 11.8 Å². The van der Waals surface area contributed by atoms with E-state index in [0.29, 0.717) is 18.0 Å². The van der Waals surface area contributed by atoms with E-state index in [1.54, 1.807) is 11.0 Å². The van der Waals surface area contributed by atoms with Crippen LogP contribution in [0.1, 0.15) is 56.6 Å². The Morgan fingerprint density at radius 3 is 2.42 bits per heavy atom. The zero-order valence-corrected chi connectivity index (χ0v) is 19.1. The normalized spacial score (nSPS) is 15.3. The van der Waals surface area contributed by atoms with Crippen LogP contribution in [0, 0.1) is 0 Å². The summed E-state index contributed by atoms with van der Waals surface area (Å²) < 4.78 is 0. The van der Waals surface area contributed by atoms with Crippen LogP contribution >= 0.6 is 11.6 Å². The molecular weight excluding hydrogens is 408 g/mol. The Kier molecular flexibility index (Phi) is 8.96. The summed E-state index contributed by atoms with van der Waals surface area (Å²) >= 11 is 6.11. The summed E-state index contributed by atoms with van der Waals surface area (Å²) in [6.45, 7) is 2.49. The molecule has 0 radical (unpaired) electrons. The molecule has 1 unspecified atom stereocenters. The number of rotatable bonds is 9. The molecule has 31 heavy (non-hydrogen) atoms. The van der Waals surface area contributed by atoms with Gasteiger partial charge >= 0.3 is 0 Å². The standard InChI is InChI=1S/C26H33ClN2O2/c1-2-24(26(31)28-23-14-7-4-8-15-23)29(17-16-20-10-5-3-6-11-20)25(30)19-21-12-9-13-22(27)18-21/h3,5-6,9-13,18,23-24H,2,4,7-8,14-17,19H2,1H3,(H,28,31). The second-order valence-electron chi connectivity index (χ2n) is 8.40. The summed E-state index contributed by atoms with van der Waals surface area (Å²) in [5.41, 5.74) is 2.02. The first-order valence-electron chi connectivity index (χ1n) is 11.4. The quantitative estimate of drug-likeness (QED) is 0.583. The van der Waals surface area contributed by atoms with Crippen molar-refractivity contribution in [1.82, 2.24) is 10.2 Å². The van der Waals surface area contributed by atoms with E-state index in [1.807, 2.05) is 43.3 Å². The molecule has 0 heterocycles. The van der Waals surface area contributed by atoms with Gasteiger partial charge in [0.15, 0.2) is 0 Å². The molecule has 1 fully saturated rings. The fourth-order valence-electron chi connectivity index (χ4n) is 4.36. The van der Waals surface area contributed by atoms with Gasteiger partial charge in [-0.2, -0.15) is 0 Å². The van der Waals surface area contributed by atoms with Crippen molar-refractivity contribution in [2.75, 3.05) is 6.54 Å². The molecule has 1 aliphatic carbocycles. The van der Waals surface area contributed by atoms with Gasteiger partial charge in [-0.05, 0) is 48.9 Å². The van der Waals surface area contributed by atoms with Gasteiger partial charge in [-0.1, -0.05) is 80.3 Å². The van der Waals surface area contributed by atoms with Crippen molar-refractivity contribution in [3.05, 3.63) is 70.7 Å². The highest BCUT2D eigenvalue weighted by Crippen LogP contribution is 2.19. The van der Waals surface area contributed by atoms with E-state index in [0.717, 1.165) is 43.2 Å². The summed E-state index contributed by atoms with van der Waals surface area (Å²) in [6, 6.07) is 17.2. The van der Waals surface area contributed by atoms with E-state index in [9.17, 15) is 9.59 Å². The molecule has 1 atom stereocenters. The van der Waals surface area contributed by atoms with Crippen molar-refractivity contribution in [1.29, 1.82) is 0 Å². The Balaban J connectivity index is 1.74. The van der Waals surface area contributed by atoms with Gasteiger partial charge in [0.1, 0.15) is 6.04 Å². The zero-order chi connectivity index (χ0) is 22.1. The van der Waals surface area contributed by atoms with E-state index in [-0.39, 0.29) is 24.3 Å². The molecule has 2 aromatic rings. The molecule has 4 nitrogen and oxygen atoms in total. The fraction of sp³-hybridized carbons (Fsp3) is 0.462. The number of hydrogen-bond donors (Lipinski definition) is 1. The Morgan fingerprint density at radius 2 is 1.74 bits per heavy atom. The van der Waals surface area contributed by atoms with Gasteiger partial charge in [0.25, 0.3) is 0 Å². The van der Waals surface area contributed by atoms with Crippen LogP contribution in [-0.2, 0) is 22.4 Å². The van der Waals surface area contributed by atoms with Crippen LogP contribution in [0.25, 0.3) is 0 Å². The minimum absolute atomic E-state index is 0.0260. The third kappa shape index (κ3) is 7.10. The van der Waals surface area contributed by atoms with E-state index in [1.165, 1.54) is 6.42 Å². The Morgan fingerprint density at radius 1 is 1.03 bits per heavy atom. The first-order valence-corrected chi connectivity index (χ1v) is 11.8. The fourth-order valence-corrected chi connectivity index (χ4v) is 4.58. The highest BCUT2D eigenvalue weighted by molar-refractivity contribution is 6.30. The summed E-state index contributed by atoms with van der Waals surface area (Å²) in [5, 5.41) is 3.84. The second-order valence-corrected chi connectivity index (χ2v) is 8.83. The van der Waals surface area contributed by atoms with Crippen LogP contribution in [0.3, 0.4) is 0 Å². The number of hydrogen-bond acceptors (Lipinski definition) is 2. The Hall–Kier alpha value is -2.33. The third-order valence-electron chi connectivity index (χ3n) is 6.07. The SMILES string of the molecule is CCC(C(=O)NC1CCCCC1)N(CCc1ccccc1)C(=O)Cc1cccc(Cl)c1. The molecule has 1 saturated carbocycles. The van der Waals surface area contributed by atoms with Gasteiger partial charge in [-0.25, -0.2) is 0 Å². The molecule has 0 aromatic heterocycles. The lowest BCUT2D eigenvalue weighted by Gasteiger charge is -2.33. The molecule has 1 aliphatic rings. The molecule has 0 saturated heterocycles. The average Bonchev–Trinajstić information content (AvgIpc) is 2.78. The molecule has 3 rings (SSSR count). The monoisotopic (exact) mass is 440 g/mol. The summed E-state index contributed by atoms with van der Waals surface area (Å²) in [6.07, 6.45) is 7.17. The van der Waals surface area contributed by atoms with Gasteiger partial charge in [-0.15, -0.1) is 0 Å².